The van der Waals surface area contributed by atoms with Crippen LogP contribution in [0.3, 0.4) is 0 Å². The van der Waals surface area contributed by atoms with Gasteiger partial charge in [0.2, 0.25) is 0 Å². The van der Waals surface area contributed by atoms with Crippen molar-refractivity contribution in [2.24, 2.45) is 0 Å². The summed E-state index contributed by atoms with van der Waals surface area (Å²) >= 11 is 0. The lowest BCUT2D eigenvalue weighted by molar-refractivity contribution is 0.0780. The molecule has 1 amide bonds. The first-order chi connectivity index (χ1) is 9.09. The molecule has 0 radical (unpaired) electrons. The van der Waals surface area contributed by atoms with Gasteiger partial charge in [-0.25, -0.2) is 9.37 Å². The number of hydrogen-bond acceptors (Lipinski definition) is 4. The summed E-state index contributed by atoms with van der Waals surface area (Å²) in [6.45, 7) is 0.364. The zero-order valence-electron chi connectivity index (χ0n) is 10.4. The summed E-state index contributed by atoms with van der Waals surface area (Å²) in [6, 6.07) is 4.90. The van der Waals surface area contributed by atoms with Gasteiger partial charge in [0.15, 0.2) is 11.6 Å². The van der Waals surface area contributed by atoms with Crippen LogP contribution in [0.15, 0.2) is 36.8 Å². The van der Waals surface area contributed by atoms with Gasteiger partial charge in [0.25, 0.3) is 5.91 Å². The third kappa shape index (κ3) is 2.85. The molecule has 98 valence electrons. The van der Waals surface area contributed by atoms with Gasteiger partial charge in [0, 0.05) is 32.2 Å². The monoisotopic (exact) mass is 260 g/mol. The third-order valence-electron chi connectivity index (χ3n) is 2.66. The molecule has 0 unspecified atom stereocenters. The fourth-order valence-corrected chi connectivity index (χ4v) is 1.66. The SMILES string of the molecule is CN(Cc1ccncc1)C(=O)c1ccnc(N)c1F. The predicted molar refractivity (Wildman–Crippen MR) is 68.6 cm³/mol. The molecule has 5 nitrogen and oxygen atoms in total. The highest BCUT2D eigenvalue weighted by Crippen LogP contribution is 2.14. The zero-order chi connectivity index (χ0) is 13.8. The maximum atomic E-state index is 13.7. The van der Waals surface area contributed by atoms with Gasteiger partial charge in [-0.15, -0.1) is 0 Å². The number of carbonyl (C=O) groups excluding carboxylic acids is 1. The van der Waals surface area contributed by atoms with E-state index in [9.17, 15) is 9.18 Å². The molecule has 2 aromatic rings. The first kappa shape index (κ1) is 12.9. The van der Waals surface area contributed by atoms with Gasteiger partial charge in [0.1, 0.15) is 0 Å². The Hall–Kier alpha value is -2.50. The van der Waals surface area contributed by atoms with E-state index < -0.39 is 11.7 Å². The molecule has 0 bridgehead atoms. The van der Waals surface area contributed by atoms with Crippen molar-refractivity contribution in [2.75, 3.05) is 12.8 Å². The normalized spacial score (nSPS) is 10.2. The van der Waals surface area contributed by atoms with Crippen LogP contribution in [0.2, 0.25) is 0 Å². The second-order valence-corrected chi connectivity index (χ2v) is 4.07. The van der Waals surface area contributed by atoms with Crippen molar-refractivity contribution in [1.29, 1.82) is 0 Å². The van der Waals surface area contributed by atoms with Crippen molar-refractivity contribution in [3.05, 3.63) is 53.7 Å². The van der Waals surface area contributed by atoms with Crippen molar-refractivity contribution < 1.29 is 9.18 Å². The van der Waals surface area contributed by atoms with Gasteiger partial charge in [-0.2, -0.15) is 0 Å². The highest BCUT2D eigenvalue weighted by atomic mass is 19.1. The number of aromatic nitrogens is 2. The highest BCUT2D eigenvalue weighted by molar-refractivity contribution is 5.94. The van der Waals surface area contributed by atoms with E-state index in [0.29, 0.717) is 6.54 Å². The summed E-state index contributed by atoms with van der Waals surface area (Å²) in [4.78, 5) is 21.0. The first-order valence-electron chi connectivity index (χ1n) is 5.64. The number of nitrogens with two attached hydrogens (primary N) is 1. The second-order valence-electron chi connectivity index (χ2n) is 4.07. The van der Waals surface area contributed by atoms with E-state index in [4.69, 9.17) is 5.73 Å². The number of rotatable bonds is 3. The van der Waals surface area contributed by atoms with Crippen LogP contribution in [0.5, 0.6) is 0 Å². The number of carbonyl (C=O) groups is 1. The van der Waals surface area contributed by atoms with Gasteiger partial charge < -0.3 is 10.6 Å². The van der Waals surface area contributed by atoms with E-state index in [1.54, 1.807) is 31.6 Å². The van der Waals surface area contributed by atoms with Crippen LogP contribution in [-0.2, 0) is 6.54 Å². The van der Waals surface area contributed by atoms with Crippen molar-refractivity contribution in [1.82, 2.24) is 14.9 Å². The Morgan fingerprint density at radius 2 is 2.00 bits per heavy atom. The van der Waals surface area contributed by atoms with Crippen LogP contribution in [0, 0.1) is 5.82 Å². The highest BCUT2D eigenvalue weighted by Gasteiger charge is 2.18. The molecule has 0 atom stereocenters. The van der Waals surface area contributed by atoms with E-state index in [-0.39, 0.29) is 11.4 Å². The Balaban J connectivity index is 2.18. The third-order valence-corrected chi connectivity index (χ3v) is 2.66. The van der Waals surface area contributed by atoms with Crippen molar-refractivity contribution >= 4 is 11.7 Å². The average molecular weight is 260 g/mol. The molecule has 0 aliphatic rings. The van der Waals surface area contributed by atoms with E-state index in [1.165, 1.54) is 17.2 Å². The van der Waals surface area contributed by atoms with E-state index in [2.05, 4.69) is 9.97 Å². The van der Waals surface area contributed by atoms with Crippen molar-refractivity contribution in [3.8, 4) is 0 Å². The molecule has 0 saturated heterocycles. The largest absolute Gasteiger partial charge is 0.381 e. The second kappa shape index (κ2) is 5.43. The van der Waals surface area contributed by atoms with Gasteiger partial charge >= 0.3 is 0 Å². The van der Waals surface area contributed by atoms with Gasteiger partial charge in [-0.1, -0.05) is 0 Å². The topological polar surface area (TPSA) is 72.1 Å². The lowest BCUT2D eigenvalue weighted by Gasteiger charge is -2.17. The number of nitrogens with zero attached hydrogens (tertiary/aromatic N) is 3. The molecule has 0 fully saturated rings. The summed E-state index contributed by atoms with van der Waals surface area (Å²) in [5.41, 5.74) is 6.18. The minimum absolute atomic E-state index is 0.0796. The number of pyridine rings is 2. The number of hydrogen-bond donors (Lipinski definition) is 1. The average Bonchev–Trinajstić information content (AvgIpc) is 2.42. The first-order valence-corrected chi connectivity index (χ1v) is 5.64. The van der Waals surface area contributed by atoms with Gasteiger partial charge in [0.05, 0.1) is 5.56 Å². The van der Waals surface area contributed by atoms with Crippen LogP contribution in [0.4, 0.5) is 10.2 Å². The van der Waals surface area contributed by atoms with Crippen molar-refractivity contribution in [3.63, 3.8) is 0 Å². The Morgan fingerprint density at radius 1 is 1.32 bits per heavy atom. The molecule has 0 aliphatic carbocycles. The molecule has 2 N–H and O–H groups in total. The summed E-state index contributed by atoms with van der Waals surface area (Å²) in [6.07, 6.45) is 4.59. The summed E-state index contributed by atoms with van der Waals surface area (Å²) in [5, 5.41) is 0. The van der Waals surface area contributed by atoms with Crippen LogP contribution in [0.1, 0.15) is 15.9 Å². The van der Waals surface area contributed by atoms with Crippen LogP contribution < -0.4 is 5.73 Å². The van der Waals surface area contributed by atoms with Gasteiger partial charge in [-0.3, -0.25) is 9.78 Å². The predicted octanol–water partition coefficient (Wildman–Crippen LogP) is 1.47. The standard InChI is InChI=1S/C13H13FN4O/c1-18(8-9-2-5-16-6-3-9)13(19)10-4-7-17-12(15)11(10)14/h2-7H,8H2,1H3,(H2,15,17). The molecule has 19 heavy (non-hydrogen) atoms. The van der Waals surface area contributed by atoms with Gasteiger partial charge in [-0.05, 0) is 23.8 Å². The molecular weight excluding hydrogens is 247 g/mol. The fraction of sp³-hybridized carbons (Fsp3) is 0.154. The Bertz CT molecular complexity index is 588. The molecule has 2 heterocycles. The Labute approximate surface area is 109 Å². The molecule has 2 aromatic heterocycles. The van der Waals surface area contributed by atoms with E-state index >= 15 is 0 Å². The van der Waals surface area contributed by atoms with E-state index in [1.807, 2.05) is 0 Å². The lowest BCUT2D eigenvalue weighted by Crippen LogP contribution is -2.27. The van der Waals surface area contributed by atoms with Crippen molar-refractivity contribution in [2.45, 2.75) is 6.54 Å². The number of amides is 1. The molecule has 6 heteroatoms. The number of halogens is 1. The summed E-state index contributed by atoms with van der Waals surface area (Å²) in [7, 11) is 1.60. The minimum Gasteiger partial charge on any atom is -0.381 e. The minimum atomic E-state index is -0.783. The Morgan fingerprint density at radius 3 is 2.68 bits per heavy atom. The van der Waals surface area contributed by atoms with E-state index in [0.717, 1.165) is 5.56 Å². The maximum absolute atomic E-state index is 13.7. The summed E-state index contributed by atoms with van der Waals surface area (Å²) in [5.74, 6) is -1.50. The molecule has 0 aromatic carbocycles. The van der Waals surface area contributed by atoms with Crippen LogP contribution in [0.25, 0.3) is 0 Å². The molecular formula is C13H13FN4O. The van der Waals surface area contributed by atoms with Crippen LogP contribution in [-0.4, -0.2) is 27.8 Å². The number of nitrogen functional groups attached to an aromatic ring is 1. The summed E-state index contributed by atoms with van der Waals surface area (Å²) < 4.78 is 13.7. The quantitative estimate of drug-likeness (QED) is 0.907. The molecule has 0 spiro atoms. The molecule has 0 aliphatic heterocycles. The smallest absolute Gasteiger partial charge is 0.257 e. The zero-order valence-corrected chi connectivity index (χ0v) is 10.4. The maximum Gasteiger partial charge on any atom is 0.257 e. The number of anilines is 1. The molecule has 2 rings (SSSR count). The fourth-order valence-electron chi connectivity index (χ4n) is 1.66. The Kier molecular flexibility index (Phi) is 3.70. The molecule has 0 saturated carbocycles. The lowest BCUT2D eigenvalue weighted by atomic mass is 10.2. The van der Waals surface area contributed by atoms with Crippen LogP contribution >= 0.6 is 0 Å².